The quantitative estimate of drug-likeness (QED) is 0.507. The number of amides is 2. The Morgan fingerprint density at radius 1 is 1.25 bits per heavy atom. The normalized spacial score (nSPS) is 20.8. The standard InChI is InChI=1S/C22H38N6O4/c1-21(2,3)15-17(18(29)27(5)22(16-23)7-9-26(4)10-8-22)24-19(25-20(30)31-6)28-11-13-32-14-12-28/h17H,7-15H2,1-6H3,(H,24,25,30)/t17-/m1/s1. The highest BCUT2D eigenvalue weighted by atomic mass is 16.5. The van der Waals surface area contributed by atoms with Crippen LogP contribution in [0.5, 0.6) is 0 Å². The van der Waals surface area contributed by atoms with Crippen molar-refractivity contribution in [3.63, 3.8) is 0 Å². The van der Waals surface area contributed by atoms with Crippen molar-refractivity contribution in [1.29, 1.82) is 5.26 Å². The summed E-state index contributed by atoms with van der Waals surface area (Å²) in [4.78, 5) is 36.1. The number of aliphatic imine (C=N–C) groups is 1. The third-order valence-corrected chi connectivity index (χ3v) is 6.07. The Morgan fingerprint density at radius 3 is 2.34 bits per heavy atom. The summed E-state index contributed by atoms with van der Waals surface area (Å²) >= 11 is 0. The van der Waals surface area contributed by atoms with Crippen LogP contribution in [0.4, 0.5) is 4.79 Å². The van der Waals surface area contributed by atoms with Gasteiger partial charge in [0.1, 0.15) is 11.6 Å². The van der Waals surface area contributed by atoms with E-state index in [1.807, 2.05) is 32.7 Å². The van der Waals surface area contributed by atoms with Gasteiger partial charge in [0.15, 0.2) is 0 Å². The third kappa shape index (κ3) is 6.81. The monoisotopic (exact) mass is 450 g/mol. The molecular weight excluding hydrogens is 412 g/mol. The zero-order valence-electron chi connectivity index (χ0n) is 20.3. The molecule has 10 nitrogen and oxygen atoms in total. The van der Waals surface area contributed by atoms with Crippen LogP contribution in [0.3, 0.4) is 0 Å². The Hall–Kier alpha value is -2.38. The van der Waals surface area contributed by atoms with Crippen LogP contribution in [-0.4, -0.2) is 105 Å². The first-order chi connectivity index (χ1) is 15.0. The molecular formula is C22H38N6O4. The lowest BCUT2D eigenvalue weighted by Crippen LogP contribution is -2.57. The van der Waals surface area contributed by atoms with E-state index in [0.29, 0.717) is 51.5 Å². The summed E-state index contributed by atoms with van der Waals surface area (Å²) in [5.74, 6) is 0.0778. The van der Waals surface area contributed by atoms with E-state index in [4.69, 9.17) is 14.5 Å². The van der Waals surface area contributed by atoms with Crippen LogP contribution in [0.2, 0.25) is 0 Å². The van der Waals surface area contributed by atoms with Crippen LogP contribution in [0.1, 0.15) is 40.0 Å². The lowest BCUT2D eigenvalue weighted by molar-refractivity contribution is -0.137. The van der Waals surface area contributed by atoms with Crippen LogP contribution < -0.4 is 5.32 Å². The summed E-state index contributed by atoms with van der Waals surface area (Å²) < 4.78 is 10.2. The Morgan fingerprint density at radius 2 is 1.84 bits per heavy atom. The zero-order valence-corrected chi connectivity index (χ0v) is 20.3. The average Bonchev–Trinajstić information content (AvgIpc) is 2.77. The lowest BCUT2D eigenvalue weighted by atomic mass is 9.84. The van der Waals surface area contributed by atoms with Crippen molar-refractivity contribution >= 4 is 18.0 Å². The van der Waals surface area contributed by atoms with Gasteiger partial charge in [-0.15, -0.1) is 0 Å². The van der Waals surface area contributed by atoms with Gasteiger partial charge in [-0.2, -0.15) is 5.26 Å². The molecule has 0 aromatic heterocycles. The van der Waals surface area contributed by atoms with Gasteiger partial charge < -0.3 is 24.2 Å². The Bertz CT molecular complexity index is 728. The molecule has 32 heavy (non-hydrogen) atoms. The first-order valence-corrected chi connectivity index (χ1v) is 11.1. The van der Waals surface area contributed by atoms with Gasteiger partial charge >= 0.3 is 6.09 Å². The predicted molar refractivity (Wildman–Crippen MR) is 121 cm³/mol. The van der Waals surface area contributed by atoms with Crippen molar-refractivity contribution in [1.82, 2.24) is 20.0 Å². The fourth-order valence-electron chi connectivity index (χ4n) is 3.97. The van der Waals surface area contributed by atoms with E-state index in [9.17, 15) is 14.9 Å². The summed E-state index contributed by atoms with van der Waals surface area (Å²) in [6, 6.07) is 1.66. The molecule has 2 aliphatic rings. The number of nitrogens with one attached hydrogen (secondary N) is 1. The molecule has 0 unspecified atom stereocenters. The Labute approximate surface area is 191 Å². The Balaban J connectivity index is 2.38. The summed E-state index contributed by atoms with van der Waals surface area (Å²) in [6.07, 6.45) is 0.999. The number of methoxy groups -OCH3 is 1. The second-order valence-electron chi connectivity index (χ2n) is 9.79. The average molecular weight is 451 g/mol. The number of likely N-dealkylation sites (tertiary alicyclic amines) is 1. The number of likely N-dealkylation sites (N-methyl/N-ethyl adjacent to an activating group) is 1. The molecule has 0 aromatic rings. The van der Waals surface area contributed by atoms with E-state index in [0.717, 1.165) is 13.1 Å². The molecule has 2 amide bonds. The van der Waals surface area contributed by atoms with Crippen molar-refractivity contribution < 1.29 is 19.1 Å². The molecule has 180 valence electrons. The van der Waals surface area contributed by atoms with Crippen molar-refractivity contribution in [2.24, 2.45) is 10.4 Å². The van der Waals surface area contributed by atoms with E-state index < -0.39 is 17.7 Å². The number of hydrogen-bond donors (Lipinski definition) is 1. The molecule has 0 bridgehead atoms. The highest BCUT2D eigenvalue weighted by Gasteiger charge is 2.43. The van der Waals surface area contributed by atoms with E-state index in [-0.39, 0.29) is 11.3 Å². The fraction of sp³-hybridized carbons (Fsp3) is 0.818. The molecule has 1 atom stereocenters. The van der Waals surface area contributed by atoms with Gasteiger partial charge in [-0.25, -0.2) is 9.79 Å². The molecule has 2 rings (SSSR count). The van der Waals surface area contributed by atoms with Gasteiger partial charge in [-0.1, -0.05) is 20.8 Å². The summed E-state index contributed by atoms with van der Waals surface area (Å²) in [6.45, 7) is 9.73. The molecule has 0 radical (unpaired) electrons. The summed E-state index contributed by atoms with van der Waals surface area (Å²) in [5, 5.41) is 12.7. The number of morpholine rings is 1. The van der Waals surface area contributed by atoms with E-state index >= 15 is 0 Å². The smallest absolute Gasteiger partial charge is 0.413 e. The number of carbonyl (C=O) groups excluding carboxylic acids is 2. The SMILES string of the molecule is COC(=O)NC(=N[C@H](CC(C)(C)C)C(=O)N(C)C1(C#N)CCN(C)CC1)N1CCOCC1. The summed E-state index contributed by atoms with van der Waals surface area (Å²) in [7, 11) is 5.00. The number of ether oxygens (including phenoxy) is 2. The van der Waals surface area contributed by atoms with Gasteiger partial charge in [0.05, 0.1) is 26.4 Å². The number of guanidine groups is 1. The maximum absolute atomic E-state index is 13.7. The maximum Gasteiger partial charge on any atom is 0.413 e. The van der Waals surface area contributed by atoms with Gasteiger partial charge in [0.2, 0.25) is 11.9 Å². The number of hydrogen-bond acceptors (Lipinski definition) is 7. The van der Waals surface area contributed by atoms with E-state index in [1.165, 1.54) is 7.11 Å². The van der Waals surface area contributed by atoms with Crippen LogP contribution in [-0.2, 0) is 14.3 Å². The van der Waals surface area contributed by atoms with Gasteiger partial charge in [-0.05, 0) is 31.7 Å². The number of alkyl carbamates (subject to hydrolysis) is 1. The summed E-state index contributed by atoms with van der Waals surface area (Å²) in [5.41, 5.74) is -1.05. The van der Waals surface area contributed by atoms with Crippen molar-refractivity contribution in [2.75, 3.05) is 60.6 Å². The van der Waals surface area contributed by atoms with E-state index in [1.54, 1.807) is 11.9 Å². The minimum absolute atomic E-state index is 0.196. The van der Waals surface area contributed by atoms with Crippen molar-refractivity contribution in [2.45, 2.75) is 51.6 Å². The minimum atomic E-state index is -0.857. The van der Waals surface area contributed by atoms with Gasteiger partial charge in [0, 0.05) is 33.2 Å². The molecule has 0 aromatic carbocycles. The molecule has 1 N–H and O–H groups in total. The molecule has 0 saturated carbocycles. The third-order valence-electron chi connectivity index (χ3n) is 6.07. The largest absolute Gasteiger partial charge is 0.453 e. The lowest BCUT2D eigenvalue weighted by Gasteiger charge is -2.43. The number of carbonyl (C=O) groups is 2. The van der Waals surface area contributed by atoms with Crippen LogP contribution in [0, 0.1) is 16.7 Å². The van der Waals surface area contributed by atoms with Crippen LogP contribution in [0.15, 0.2) is 4.99 Å². The number of nitriles is 1. The first-order valence-electron chi connectivity index (χ1n) is 11.1. The second-order valence-corrected chi connectivity index (χ2v) is 9.79. The van der Waals surface area contributed by atoms with E-state index in [2.05, 4.69) is 16.3 Å². The molecule has 0 spiro atoms. The molecule has 0 aliphatic carbocycles. The maximum atomic E-state index is 13.7. The molecule has 2 aliphatic heterocycles. The fourth-order valence-corrected chi connectivity index (χ4v) is 3.97. The predicted octanol–water partition coefficient (Wildman–Crippen LogP) is 1.28. The Kier molecular flexibility index (Phi) is 8.87. The highest BCUT2D eigenvalue weighted by Crippen LogP contribution is 2.30. The topological polar surface area (TPSA) is 110 Å². The van der Waals surface area contributed by atoms with Crippen LogP contribution in [0.25, 0.3) is 0 Å². The minimum Gasteiger partial charge on any atom is -0.453 e. The first kappa shape index (κ1) is 25.9. The van der Waals surface area contributed by atoms with Gasteiger partial charge in [0.25, 0.3) is 0 Å². The van der Waals surface area contributed by atoms with Crippen molar-refractivity contribution in [3.05, 3.63) is 0 Å². The van der Waals surface area contributed by atoms with Crippen LogP contribution >= 0.6 is 0 Å². The number of rotatable bonds is 4. The van der Waals surface area contributed by atoms with Crippen molar-refractivity contribution in [3.8, 4) is 6.07 Å². The number of piperidine rings is 1. The molecule has 2 saturated heterocycles. The second kappa shape index (κ2) is 11.0. The zero-order chi connectivity index (χ0) is 23.9. The molecule has 2 fully saturated rings. The van der Waals surface area contributed by atoms with Gasteiger partial charge in [-0.3, -0.25) is 10.1 Å². The molecule has 10 heteroatoms. The molecule has 2 heterocycles. The highest BCUT2D eigenvalue weighted by molar-refractivity contribution is 5.96. The number of nitrogens with zero attached hydrogens (tertiary/aromatic N) is 5.